The molecule has 0 spiro atoms. The predicted molar refractivity (Wildman–Crippen MR) is 108 cm³/mol. The van der Waals surface area contributed by atoms with Crippen LogP contribution >= 0.6 is 0 Å². The van der Waals surface area contributed by atoms with E-state index in [1.807, 2.05) is 6.26 Å². The highest BCUT2D eigenvalue weighted by atomic mass is 16.5. The lowest BCUT2D eigenvalue weighted by Gasteiger charge is -2.51. The molecule has 0 aromatic rings. The van der Waals surface area contributed by atoms with Crippen LogP contribution in [0.3, 0.4) is 0 Å². The van der Waals surface area contributed by atoms with Gasteiger partial charge in [-0.05, 0) is 56.8 Å². The van der Waals surface area contributed by atoms with Crippen LogP contribution in [0.25, 0.3) is 0 Å². The number of hydrogen-bond acceptors (Lipinski definition) is 4. The fourth-order valence-electron chi connectivity index (χ4n) is 3.85. The van der Waals surface area contributed by atoms with Gasteiger partial charge < -0.3 is 18.9 Å². The van der Waals surface area contributed by atoms with Crippen molar-refractivity contribution in [2.24, 2.45) is 10.8 Å². The maximum absolute atomic E-state index is 6.34. The average Bonchev–Trinajstić information content (AvgIpc) is 2.59. The molecular formula is C23H36O4. The van der Waals surface area contributed by atoms with Crippen molar-refractivity contribution in [2.75, 3.05) is 39.6 Å². The second-order valence-corrected chi connectivity index (χ2v) is 8.95. The van der Waals surface area contributed by atoms with Crippen LogP contribution in [0.1, 0.15) is 53.4 Å². The lowest BCUT2D eigenvalue weighted by atomic mass is 9.70. The summed E-state index contributed by atoms with van der Waals surface area (Å²) in [7, 11) is 0. The minimum absolute atomic E-state index is 0.154. The first-order valence-electron chi connectivity index (χ1n) is 10.4. The molecule has 0 amide bonds. The SMILES string of the molecule is CCC1(COC=CC2=CC=C(COC(C)(C)C3(CC)COC3)CC2)COC1. The molecule has 2 heterocycles. The maximum atomic E-state index is 6.34. The molecule has 0 radical (unpaired) electrons. The molecule has 0 saturated carbocycles. The second kappa shape index (κ2) is 8.50. The van der Waals surface area contributed by atoms with Gasteiger partial charge in [-0.15, -0.1) is 0 Å². The number of ether oxygens (including phenoxy) is 4. The Bertz CT molecular complexity index is 580. The number of allylic oxidation sites excluding steroid dienone is 4. The molecule has 0 atom stereocenters. The third-order valence-electron chi connectivity index (χ3n) is 6.93. The van der Waals surface area contributed by atoms with Crippen molar-refractivity contribution < 1.29 is 18.9 Å². The van der Waals surface area contributed by atoms with Crippen molar-refractivity contribution in [3.05, 3.63) is 35.6 Å². The monoisotopic (exact) mass is 376 g/mol. The molecule has 0 aromatic heterocycles. The molecule has 1 aliphatic carbocycles. The van der Waals surface area contributed by atoms with Gasteiger partial charge in [0, 0.05) is 5.41 Å². The molecule has 2 saturated heterocycles. The molecule has 0 unspecified atom stereocenters. The molecule has 0 bridgehead atoms. The zero-order chi connectivity index (χ0) is 19.4. The van der Waals surface area contributed by atoms with E-state index in [4.69, 9.17) is 18.9 Å². The molecular weight excluding hydrogens is 340 g/mol. The summed E-state index contributed by atoms with van der Waals surface area (Å²) in [6.45, 7) is 13.6. The first-order chi connectivity index (χ1) is 12.9. The van der Waals surface area contributed by atoms with Crippen LogP contribution in [-0.4, -0.2) is 45.2 Å². The fourth-order valence-corrected chi connectivity index (χ4v) is 3.85. The van der Waals surface area contributed by atoms with Gasteiger partial charge in [-0.1, -0.05) is 26.0 Å². The average molecular weight is 377 g/mol. The van der Waals surface area contributed by atoms with Gasteiger partial charge in [-0.2, -0.15) is 0 Å². The van der Waals surface area contributed by atoms with Gasteiger partial charge in [0.2, 0.25) is 0 Å². The third-order valence-corrected chi connectivity index (χ3v) is 6.93. The highest BCUT2D eigenvalue weighted by molar-refractivity contribution is 5.30. The maximum Gasteiger partial charge on any atom is 0.0973 e. The van der Waals surface area contributed by atoms with Crippen LogP contribution in [0.2, 0.25) is 0 Å². The van der Waals surface area contributed by atoms with E-state index in [1.165, 1.54) is 11.1 Å². The normalized spacial score (nSPS) is 24.0. The molecule has 27 heavy (non-hydrogen) atoms. The Morgan fingerprint density at radius 3 is 2.26 bits per heavy atom. The van der Waals surface area contributed by atoms with Gasteiger partial charge in [0.15, 0.2) is 0 Å². The van der Waals surface area contributed by atoms with Crippen LogP contribution in [0.4, 0.5) is 0 Å². The zero-order valence-corrected chi connectivity index (χ0v) is 17.5. The molecule has 152 valence electrons. The summed E-state index contributed by atoms with van der Waals surface area (Å²) < 4.78 is 22.9. The molecule has 4 nitrogen and oxygen atoms in total. The lowest BCUT2D eigenvalue weighted by molar-refractivity contribution is -0.226. The fraction of sp³-hybridized carbons (Fsp3) is 0.739. The van der Waals surface area contributed by atoms with E-state index in [2.05, 4.69) is 45.9 Å². The van der Waals surface area contributed by atoms with Crippen molar-refractivity contribution in [3.8, 4) is 0 Å². The topological polar surface area (TPSA) is 36.9 Å². The highest BCUT2D eigenvalue weighted by Crippen LogP contribution is 2.44. The minimum atomic E-state index is -0.154. The predicted octanol–water partition coefficient (Wildman–Crippen LogP) is 4.81. The highest BCUT2D eigenvalue weighted by Gasteiger charge is 2.50. The molecule has 2 aliphatic heterocycles. The molecule has 3 rings (SSSR count). The minimum Gasteiger partial charge on any atom is -0.500 e. The summed E-state index contributed by atoms with van der Waals surface area (Å²) in [6, 6.07) is 0. The largest absolute Gasteiger partial charge is 0.500 e. The zero-order valence-electron chi connectivity index (χ0n) is 17.5. The summed E-state index contributed by atoms with van der Waals surface area (Å²) >= 11 is 0. The summed E-state index contributed by atoms with van der Waals surface area (Å²) in [6.07, 6.45) is 12.6. The van der Waals surface area contributed by atoms with Gasteiger partial charge in [0.05, 0.1) is 56.9 Å². The molecule has 4 heteroatoms. The van der Waals surface area contributed by atoms with Gasteiger partial charge >= 0.3 is 0 Å². The first kappa shape index (κ1) is 20.6. The van der Waals surface area contributed by atoms with E-state index in [1.54, 1.807) is 0 Å². The van der Waals surface area contributed by atoms with Crippen LogP contribution in [0.5, 0.6) is 0 Å². The van der Waals surface area contributed by atoms with E-state index in [0.29, 0.717) is 6.61 Å². The van der Waals surface area contributed by atoms with Crippen molar-refractivity contribution >= 4 is 0 Å². The second-order valence-electron chi connectivity index (χ2n) is 8.95. The number of hydrogen-bond donors (Lipinski definition) is 0. The third kappa shape index (κ3) is 4.49. The molecule has 0 N–H and O–H groups in total. The summed E-state index contributed by atoms with van der Waals surface area (Å²) in [5.74, 6) is 0. The van der Waals surface area contributed by atoms with Gasteiger partial charge in [-0.3, -0.25) is 0 Å². The Morgan fingerprint density at radius 1 is 1.04 bits per heavy atom. The Labute approximate surface area is 164 Å². The lowest BCUT2D eigenvalue weighted by Crippen LogP contribution is -2.58. The van der Waals surface area contributed by atoms with Gasteiger partial charge in [-0.25, -0.2) is 0 Å². The summed E-state index contributed by atoms with van der Waals surface area (Å²) in [5, 5.41) is 0. The van der Waals surface area contributed by atoms with Crippen LogP contribution < -0.4 is 0 Å². The van der Waals surface area contributed by atoms with Crippen molar-refractivity contribution in [1.29, 1.82) is 0 Å². The van der Waals surface area contributed by atoms with Gasteiger partial charge in [0.25, 0.3) is 0 Å². The standard InChI is InChI=1S/C23H36O4/c1-5-22(15-25-16-22)14-24-12-11-19-7-9-20(10-8-19)13-27-21(3,4)23(6-2)17-26-18-23/h7,9,11-12H,5-6,8,10,13-18H2,1-4H3. The van der Waals surface area contributed by atoms with E-state index in [-0.39, 0.29) is 16.4 Å². The van der Waals surface area contributed by atoms with E-state index in [9.17, 15) is 0 Å². The Hall–Kier alpha value is -1.10. The van der Waals surface area contributed by atoms with E-state index >= 15 is 0 Å². The smallest absolute Gasteiger partial charge is 0.0973 e. The summed E-state index contributed by atoms with van der Waals surface area (Å²) in [5.41, 5.74) is 2.93. The van der Waals surface area contributed by atoms with Crippen LogP contribution in [0.15, 0.2) is 35.6 Å². The van der Waals surface area contributed by atoms with E-state index < -0.39 is 0 Å². The Morgan fingerprint density at radius 2 is 1.78 bits per heavy atom. The first-order valence-corrected chi connectivity index (χ1v) is 10.4. The van der Waals surface area contributed by atoms with Gasteiger partial charge in [0.1, 0.15) is 0 Å². The summed E-state index contributed by atoms with van der Waals surface area (Å²) in [4.78, 5) is 0. The van der Waals surface area contributed by atoms with Crippen molar-refractivity contribution in [3.63, 3.8) is 0 Å². The van der Waals surface area contributed by atoms with Crippen molar-refractivity contribution in [2.45, 2.75) is 59.0 Å². The Kier molecular flexibility index (Phi) is 6.50. The van der Waals surface area contributed by atoms with Crippen LogP contribution in [-0.2, 0) is 18.9 Å². The van der Waals surface area contributed by atoms with Crippen molar-refractivity contribution in [1.82, 2.24) is 0 Å². The number of rotatable bonds is 10. The quantitative estimate of drug-likeness (QED) is 0.513. The Balaban J connectivity index is 1.44. The molecule has 2 fully saturated rings. The van der Waals surface area contributed by atoms with Crippen LogP contribution in [0, 0.1) is 10.8 Å². The molecule has 0 aromatic carbocycles. The molecule has 3 aliphatic rings. The van der Waals surface area contributed by atoms with E-state index in [0.717, 1.165) is 58.7 Å².